The highest BCUT2D eigenvalue weighted by Gasteiger charge is 2.14. The molecule has 7 nitrogen and oxygen atoms in total. The molecule has 3 N–H and O–H groups in total. The highest BCUT2D eigenvalue weighted by atomic mass is 32.1. The molecule has 0 fully saturated rings. The molecule has 1 aromatic carbocycles. The number of nitrogens with two attached hydrogens (primary N) is 1. The van der Waals surface area contributed by atoms with Crippen molar-refractivity contribution in [1.82, 2.24) is 9.38 Å². The third-order valence-corrected chi connectivity index (χ3v) is 5.99. The molecule has 4 aromatic rings. The lowest BCUT2D eigenvalue weighted by Gasteiger charge is -2.05. The SMILES string of the molecule is COc1cc(CN)ccn1.Cc1c(=O)c(Cc2ccc(F)c(F)c2)cn2cc(C(=O)O)sc12. The predicted octanol–water partition coefficient (Wildman–Crippen LogP) is 3.79. The minimum atomic E-state index is -1.06. The number of methoxy groups -OCH3 is 1. The van der Waals surface area contributed by atoms with E-state index in [2.05, 4.69) is 4.98 Å². The molecule has 0 spiro atoms. The Morgan fingerprint density at radius 1 is 1.18 bits per heavy atom. The van der Waals surface area contributed by atoms with Gasteiger partial charge in [0.05, 0.1) is 7.11 Å². The van der Waals surface area contributed by atoms with Gasteiger partial charge in [-0.3, -0.25) is 4.79 Å². The Balaban J connectivity index is 0.000000257. The molecule has 33 heavy (non-hydrogen) atoms. The minimum absolute atomic E-state index is 0.123. The minimum Gasteiger partial charge on any atom is -0.481 e. The first-order chi connectivity index (χ1) is 15.7. The molecule has 4 rings (SSSR count). The molecule has 0 radical (unpaired) electrons. The van der Waals surface area contributed by atoms with Crippen molar-refractivity contribution in [3.05, 3.63) is 97.9 Å². The number of carboxylic acids is 1. The summed E-state index contributed by atoms with van der Waals surface area (Å²) in [5.41, 5.74) is 7.49. The molecule has 10 heteroatoms. The van der Waals surface area contributed by atoms with Crippen LogP contribution in [-0.4, -0.2) is 27.6 Å². The van der Waals surface area contributed by atoms with Crippen molar-refractivity contribution in [2.75, 3.05) is 7.11 Å². The molecule has 3 aromatic heterocycles. The van der Waals surface area contributed by atoms with Crippen LogP contribution in [0, 0.1) is 18.6 Å². The van der Waals surface area contributed by atoms with Gasteiger partial charge >= 0.3 is 5.97 Å². The summed E-state index contributed by atoms with van der Waals surface area (Å²) in [6, 6.07) is 7.16. The summed E-state index contributed by atoms with van der Waals surface area (Å²) in [5.74, 6) is -2.36. The van der Waals surface area contributed by atoms with Gasteiger partial charge in [0, 0.05) is 48.7 Å². The van der Waals surface area contributed by atoms with Crippen LogP contribution in [0.1, 0.15) is 31.9 Å². The Bertz CT molecular complexity index is 1350. The van der Waals surface area contributed by atoms with Gasteiger partial charge in [0.25, 0.3) is 0 Å². The topological polar surface area (TPSA) is 107 Å². The first kappa shape index (κ1) is 24.0. The molecule has 0 bridgehead atoms. The highest BCUT2D eigenvalue weighted by molar-refractivity contribution is 7.19. The maximum absolute atomic E-state index is 13.3. The van der Waals surface area contributed by atoms with Crippen LogP contribution in [0.5, 0.6) is 5.88 Å². The lowest BCUT2D eigenvalue weighted by Crippen LogP contribution is -2.14. The fourth-order valence-corrected chi connectivity index (χ4v) is 4.00. The van der Waals surface area contributed by atoms with Gasteiger partial charge in [0.15, 0.2) is 17.1 Å². The molecule has 0 aliphatic heterocycles. The molecule has 0 aliphatic rings. The van der Waals surface area contributed by atoms with E-state index in [1.54, 1.807) is 24.6 Å². The normalized spacial score (nSPS) is 10.6. The van der Waals surface area contributed by atoms with E-state index in [-0.39, 0.29) is 16.7 Å². The van der Waals surface area contributed by atoms with Crippen LogP contribution < -0.4 is 15.9 Å². The summed E-state index contributed by atoms with van der Waals surface area (Å²) >= 11 is 1.02. The fourth-order valence-electron chi connectivity index (χ4n) is 3.08. The van der Waals surface area contributed by atoms with Crippen LogP contribution >= 0.6 is 11.3 Å². The number of benzene rings is 1. The lowest BCUT2D eigenvalue weighted by atomic mass is 10.0. The molecular weight excluding hydrogens is 452 g/mol. The van der Waals surface area contributed by atoms with Crippen molar-refractivity contribution in [2.24, 2.45) is 5.73 Å². The second kappa shape index (κ2) is 10.3. The third kappa shape index (κ3) is 5.60. The lowest BCUT2D eigenvalue weighted by molar-refractivity contribution is 0.0701. The number of thiazole rings is 1. The van der Waals surface area contributed by atoms with E-state index in [0.717, 1.165) is 29.0 Å². The number of aryl methyl sites for hydroxylation is 1. The Morgan fingerprint density at radius 2 is 1.94 bits per heavy atom. The largest absolute Gasteiger partial charge is 0.481 e. The van der Waals surface area contributed by atoms with Crippen molar-refractivity contribution in [1.29, 1.82) is 0 Å². The zero-order chi connectivity index (χ0) is 24.1. The number of aromatic nitrogens is 2. The van der Waals surface area contributed by atoms with Gasteiger partial charge in [-0.25, -0.2) is 18.6 Å². The number of fused-ring (bicyclic) bond motifs is 1. The standard InChI is InChI=1S/C16H11F2NO3S.C7H10N2O/c1-8-14(20)10(4-9-2-3-11(17)12(18)5-9)6-19-7-13(16(21)22)23-15(8)19;1-10-7-4-6(5-8)2-3-9-7/h2-3,5-7H,4H2,1H3,(H,21,22);2-4H,5,8H2,1H3. The van der Waals surface area contributed by atoms with E-state index in [0.29, 0.717) is 33.9 Å². The number of pyridine rings is 2. The van der Waals surface area contributed by atoms with E-state index >= 15 is 0 Å². The average molecular weight is 474 g/mol. The first-order valence-electron chi connectivity index (χ1n) is 9.74. The van der Waals surface area contributed by atoms with E-state index in [1.165, 1.54) is 18.5 Å². The smallest absolute Gasteiger partial charge is 0.347 e. The molecule has 0 aliphatic carbocycles. The quantitative estimate of drug-likeness (QED) is 0.457. The van der Waals surface area contributed by atoms with Crippen LogP contribution in [0.3, 0.4) is 0 Å². The second-order valence-corrected chi connectivity index (χ2v) is 8.09. The van der Waals surface area contributed by atoms with Crippen molar-refractivity contribution in [2.45, 2.75) is 19.9 Å². The van der Waals surface area contributed by atoms with Gasteiger partial charge < -0.3 is 20.0 Å². The highest BCUT2D eigenvalue weighted by Crippen LogP contribution is 2.21. The summed E-state index contributed by atoms with van der Waals surface area (Å²) in [6.07, 6.45) is 4.79. The van der Waals surface area contributed by atoms with E-state index in [9.17, 15) is 18.4 Å². The molecular formula is C23H21F2N3O4S. The van der Waals surface area contributed by atoms with Gasteiger partial charge in [0.2, 0.25) is 5.88 Å². The molecule has 3 heterocycles. The van der Waals surface area contributed by atoms with Crippen LogP contribution in [0.15, 0.2) is 53.7 Å². The number of nitrogens with zero attached hydrogens (tertiary/aromatic N) is 2. The average Bonchev–Trinajstić information content (AvgIpc) is 3.25. The molecule has 0 saturated carbocycles. The zero-order valence-corrected chi connectivity index (χ0v) is 18.7. The number of rotatable bonds is 5. The maximum atomic E-state index is 13.3. The fraction of sp³-hybridized carbons (Fsp3) is 0.174. The van der Waals surface area contributed by atoms with Gasteiger partial charge in [-0.15, -0.1) is 11.3 Å². The van der Waals surface area contributed by atoms with E-state index in [1.807, 2.05) is 12.1 Å². The summed E-state index contributed by atoms with van der Waals surface area (Å²) < 4.78 is 32.7. The van der Waals surface area contributed by atoms with Crippen molar-refractivity contribution in [3.63, 3.8) is 0 Å². The van der Waals surface area contributed by atoms with Gasteiger partial charge in [-0.1, -0.05) is 6.07 Å². The van der Waals surface area contributed by atoms with Gasteiger partial charge in [0.1, 0.15) is 9.71 Å². The number of carbonyl (C=O) groups is 1. The summed E-state index contributed by atoms with van der Waals surface area (Å²) in [4.78, 5) is 28.1. The van der Waals surface area contributed by atoms with Crippen molar-refractivity contribution in [3.8, 4) is 5.88 Å². The summed E-state index contributed by atoms with van der Waals surface area (Å²) in [7, 11) is 1.59. The summed E-state index contributed by atoms with van der Waals surface area (Å²) in [6.45, 7) is 2.15. The Morgan fingerprint density at radius 3 is 2.58 bits per heavy atom. The third-order valence-electron chi connectivity index (χ3n) is 4.78. The van der Waals surface area contributed by atoms with Gasteiger partial charge in [-0.05, 0) is 36.2 Å². The van der Waals surface area contributed by atoms with Gasteiger partial charge in [-0.2, -0.15) is 0 Å². The second-order valence-electron chi connectivity index (χ2n) is 7.06. The van der Waals surface area contributed by atoms with E-state index in [4.69, 9.17) is 15.6 Å². The zero-order valence-electron chi connectivity index (χ0n) is 17.8. The number of halogens is 2. The van der Waals surface area contributed by atoms with Crippen LogP contribution in [0.2, 0.25) is 0 Å². The number of aromatic carboxylic acids is 1. The van der Waals surface area contributed by atoms with Crippen LogP contribution in [-0.2, 0) is 13.0 Å². The number of carboxylic acid groups (broad SMARTS) is 1. The van der Waals surface area contributed by atoms with E-state index < -0.39 is 17.6 Å². The molecule has 0 unspecified atom stereocenters. The number of hydrogen-bond donors (Lipinski definition) is 2. The molecule has 0 atom stereocenters. The first-order valence-corrected chi connectivity index (χ1v) is 10.6. The Hall–Kier alpha value is -3.63. The van der Waals surface area contributed by atoms with Crippen molar-refractivity contribution < 1.29 is 23.4 Å². The monoisotopic (exact) mass is 473 g/mol. The predicted molar refractivity (Wildman–Crippen MR) is 121 cm³/mol. The number of ether oxygens (including phenoxy) is 1. The summed E-state index contributed by atoms with van der Waals surface area (Å²) in [5, 5.41) is 9.05. The Kier molecular flexibility index (Phi) is 7.52. The number of hydrogen-bond acceptors (Lipinski definition) is 6. The molecule has 0 saturated heterocycles. The maximum Gasteiger partial charge on any atom is 0.347 e. The van der Waals surface area contributed by atoms with Crippen molar-refractivity contribution >= 4 is 22.1 Å². The molecule has 172 valence electrons. The van der Waals surface area contributed by atoms with Crippen LogP contribution in [0.25, 0.3) is 4.83 Å². The Labute approximate surface area is 191 Å². The van der Waals surface area contributed by atoms with Crippen LogP contribution in [0.4, 0.5) is 8.78 Å². The molecule has 0 amide bonds.